The predicted molar refractivity (Wildman–Crippen MR) is 47.6 cm³/mol. The van der Waals surface area contributed by atoms with Gasteiger partial charge in [-0.25, -0.2) is 9.98 Å². The average Bonchev–Trinajstić information content (AvgIpc) is 2.15. The van der Waals surface area contributed by atoms with Crippen molar-refractivity contribution in [1.29, 1.82) is 0 Å². The molecule has 0 spiro atoms. The van der Waals surface area contributed by atoms with Crippen LogP contribution in [0.5, 0.6) is 0 Å². The van der Waals surface area contributed by atoms with E-state index < -0.39 is 0 Å². The molecule has 4 heteroatoms. The number of aliphatic imine (C=N–C) groups is 1. The van der Waals surface area contributed by atoms with Crippen molar-refractivity contribution in [2.75, 3.05) is 0 Å². The molecular formula is C8H10N4. The molecule has 12 heavy (non-hydrogen) atoms. The minimum Gasteiger partial charge on any atom is -0.382 e. The first-order chi connectivity index (χ1) is 5.84. The smallest absolute Gasteiger partial charge is 0.150 e. The summed E-state index contributed by atoms with van der Waals surface area (Å²) in [7, 11) is 0. The Morgan fingerprint density at radius 1 is 1.58 bits per heavy atom. The first-order valence-corrected chi connectivity index (χ1v) is 3.55. The Labute approximate surface area is 70.9 Å². The van der Waals surface area contributed by atoms with Crippen LogP contribution in [0.25, 0.3) is 0 Å². The molecule has 0 aromatic carbocycles. The minimum atomic E-state index is 0.376. The maximum absolute atomic E-state index is 5.58. The largest absolute Gasteiger partial charge is 0.382 e. The number of aromatic nitrogens is 2. The lowest BCUT2D eigenvalue weighted by molar-refractivity contribution is 1.17. The monoisotopic (exact) mass is 162 g/mol. The highest BCUT2D eigenvalue weighted by Gasteiger charge is 1.95. The Balaban J connectivity index is 2.85. The van der Waals surface area contributed by atoms with Crippen molar-refractivity contribution >= 4 is 5.84 Å². The molecule has 0 saturated heterocycles. The normalized spacial score (nSPS) is 12.2. The molecule has 0 atom stereocenters. The summed E-state index contributed by atoms with van der Waals surface area (Å²) in [4.78, 5) is 11.8. The van der Waals surface area contributed by atoms with Crippen LogP contribution in [0.2, 0.25) is 0 Å². The van der Waals surface area contributed by atoms with Gasteiger partial charge in [-0.2, -0.15) is 0 Å². The number of hydrogen-bond acceptors (Lipinski definition) is 3. The van der Waals surface area contributed by atoms with Crippen LogP contribution in [0.1, 0.15) is 12.6 Å². The van der Waals surface area contributed by atoms with Gasteiger partial charge in [0.05, 0.1) is 6.20 Å². The molecular weight excluding hydrogens is 152 g/mol. The first kappa shape index (κ1) is 8.39. The van der Waals surface area contributed by atoms with Gasteiger partial charge in [-0.05, 0) is 6.92 Å². The second kappa shape index (κ2) is 4.23. The highest BCUT2D eigenvalue weighted by Crippen LogP contribution is 1.89. The van der Waals surface area contributed by atoms with E-state index in [0.717, 1.165) is 0 Å². The van der Waals surface area contributed by atoms with Crippen LogP contribution in [0, 0.1) is 0 Å². The lowest BCUT2D eigenvalue weighted by Gasteiger charge is -1.94. The van der Waals surface area contributed by atoms with Gasteiger partial charge < -0.3 is 5.73 Å². The van der Waals surface area contributed by atoms with Crippen molar-refractivity contribution in [3.05, 3.63) is 36.6 Å². The van der Waals surface area contributed by atoms with E-state index in [1.165, 1.54) is 0 Å². The van der Waals surface area contributed by atoms with Crippen LogP contribution in [-0.4, -0.2) is 15.8 Å². The van der Waals surface area contributed by atoms with Gasteiger partial charge in [0, 0.05) is 18.6 Å². The van der Waals surface area contributed by atoms with Crippen LogP contribution in [0.15, 0.2) is 35.9 Å². The lowest BCUT2D eigenvalue weighted by atomic mass is 10.4. The lowest BCUT2D eigenvalue weighted by Crippen LogP contribution is -2.14. The summed E-state index contributed by atoms with van der Waals surface area (Å²) in [5.41, 5.74) is 6.17. The summed E-state index contributed by atoms with van der Waals surface area (Å²) < 4.78 is 0. The molecule has 1 aromatic heterocycles. The standard InChI is InChI=1S/C8H10N4/c1-2-3-12-8(9)7-6-10-4-5-11-7/h2-6H,1H3,(H2,9,12). The van der Waals surface area contributed by atoms with Gasteiger partial charge in [0.15, 0.2) is 5.84 Å². The molecule has 62 valence electrons. The molecule has 1 rings (SSSR count). The maximum Gasteiger partial charge on any atom is 0.150 e. The summed E-state index contributed by atoms with van der Waals surface area (Å²) >= 11 is 0. The van der Waals surface area contributed by atoms with E-state index in [1.54, 1.807) is 30.9 Å². The van der Waals surface area contributed by atoms with Crippen molar-refractivity contribution in [2.24, 2.45) is 10.7 Å². The van der Waals surface area contributed by atoms with E-state index in [4.69, 9.17) is 5.73 Å². The highest BCUT2D eigenvalue weighted by molar-refractivity contribution is 5.95. The van der Waals surface area contributed by atoms with E-state index in [0.29, 0.717) is 11.5 Å². The van der Waals surface area contributed by atoms with E-state index in [2.05, 4.69) is 15.0 Å². The van der Waals surface area contributed by atoms with E-state index in [1.807, 2.05) is 6.92 Å². The summed E-state index contributed by atoms with van der Waals surface area (Å²) in [6, 6.07) is 0. The zero-order valence-electron chi connectivity index (χ0n) is 6.81. The van der Waals surface area contributed by atoms with Gasteiger partial charge in [0.25, 0.3) is 0 Å². The number of allylic oxidation sites excluding steroid dienone is 1. The van der Waals surface area contributed by atoms with Gasteiger partial charge in [0.2, 0.25) is 0 Å². The van der Waals surface area contributed by atoms with Crippen molar-refractivity contribution in [3.63, 3.8) is 0 Å². The Bertz CT molecular complexity index is 289. The van der Waals surface area contributed by atoms with E-state index in [9.17, 15) is 0 Å². The third-order valence-corrected chi connectivity index (χ3v) is 1.19. The number of hydrogen-bond donors (Lipinski definition) is 1. The molecule has 0 fully saturated rings. The van der Waals surface area contributed by atoms with E-state index >= 15 is 0 Å². The van der Waals surface area contributed by atoms with Crippen molar-refractivity contribution in [3.8, 4) is 0 Å². The molecule has 0 aliphatic rings. The molecule has 1 aromatic rings. The van der Waals surface area contributed by atoms with Crippen molar-refractivity contribution < 1.29 is 0 Å². The summed E-state index contributed by atoms with van der Waals surface area (Å²) in [5, 5.41) is 0. The zero-order valence-corrected chi connectivity index (χ0v) is 6.81. The second-order valence-electron chi connectivity index (χ2n) is 2.09. The molecule has 4 nitrogen and oxygen atoms in total. The Morgan fingerprint density at radius 2 is 2.42 bits per heavy atom. The first-order valence-electron chi connectivity index (χ1n) is 3.55. The summed E-state index contributed by atoms with van der Waals surface area (Å²) in [6.45, 7) is 1.87. The van der Waals surface area contributed by atoms with Crippen LogP contribution >= 0.6 is 0 Å². The molecule has 1 heterocycles. The number of nitrogens with zero attached hydrogens (tertiary/aromatic N) is 3. The number of rotatable bonds is 2. The Kier molecular flexibility index (Phi) is 2.95. The van der Waals surface area contributed by atoms with Gasteiger partial charge >= 0.3 is 0 Å². The fourth-order valence-electron chi connectivity index (χ4n) is 0.652. The Hall–Kier alpha value is -1.71. The fourth-order valence-corrected chi connectivity index (χ4v) is 0.652. The predicted octanol–water partition coefficient (Wildman–Crippen LogP) is 0.716. The summed E-state index contributed by atoms with van der Waals surface area (Å²) in [5.74, 6) is 0.376. The Morgan fingerprint density at radius 3 is 3.00 bits per heavy atom. The molecule has 0 amide bonds. The molecule has 0 aliphatic carbocycles. The molecule has 0 unspecified atom stereocenters. The highest BCUT2D eigenvalue weighted by atomic mass is 14.9. The van der Waals surface area contributed by atoms with Crippen LogP contribution in [0.3, 0.4) is 0 Å². The second-order valence-corrected chi connectivity index (χ2v) is 2.09. The van der Waals surface area contributed by atoms with Crippen molar-refractivity contribution in [2.45, 2.75) is 6.92 Å². The third kappa shape index (κ3) is 2.16. The minimum absolute atomic E-state index is 0.376. The average molecular weight is 162 g/mol. The van der Waals surface area contributed by atoms with E-state index in [-0.39, 0.29) is 0 Å². The maximum atomic E-state index is 5.58. The van der Waals surface area contributed by atoms with Crippen LogP contribution in [-0.2, 0) is 0 Å². The third-order valence-electron chi connectivity index (χ3n) is 1.19. The molecule has 2 N–H and O–H groups in total. The quantitative estimate of drug-likeness (QED) is 0.514. The zero-order chi connectivity index (χ0) is 8.81. The molecule has 0 bridgehead atoms. The topological polar surface area (TPSA) is 64.2 Å². The summed E-state index contributed by atoms with van der Waals surface area (Å²) in [6.07, 6.45) is 8.15. The molecule has 0 saturated carbocycles. The molecule has 0 radical (unpaired) electrons. The van der Waals surface area contributed by atoms with Gasteiger partial charge in [-0.15, -0.1) is 0 Å². The number of amidine groups is 1. The van der Waals surface area contributed by atoms with Gasteiger partial charge in [-0.1, -0.05) is 6.08 Å². The number of nitrogens with two attached hydrogens (primary N) is 1. The SMILES string of the molecule is CC=CN=C(N)c1cnccn1. The van der Waals surface area contributed by atoms with Crippen LogP contribution < -0.4 is 5.73 Å². The van der Waals surface area contributed by atoms with Crippen molar-refractivity contribution in [1.82, 2.24) is 9.97 Å². The molecule has 0 aliphatic heterocycles. The van der Waals surface area contributed by atoms with Gasteiger partial charge in [0.1, 0.15) is 5.69 Å². The fraction of sp³-hybridized carbons (Fsp3) is 0.125. The van der Waals surface area contributed by atoms with Crippen LogP contribution in [0.4, 0.5) is 0 Å². The van der Waals surface area contributed by atoms with Gasteiger partial charge in [-0.3, -0.25) is 4.98 Å².